The smallest absolute Gasteiger partial charge is 0.163 e. The molecule has 1 heteroatoms. The summed E-state index contributed by atoms with van der Waals surface area (Å²) < 4.78 is 0. The van der Waals surface area contributed by atoms with Crippen molar-refractivity contribution in [1.82, 2.24) is 0 Å². The maximum atomic E-state index is 12.3. The van der Waals surface area contributed by atoms with Gasteiger partial charge in [-0.2, -0.15) is 0 Å². The predicted octanol–water partition coefficient (Wildman–Crippen LogP) is 4.56. The Morgan fingerprint density at radius 3 is 2.43 bits per heavy atom. The van der Waals surface area contributed by atoms with Crippen LogP contribution in [0.3, 0.4) is 0 Å². The zero-order valence-corrected chi connectivity index (χ0v) is 12.4. The van der Waals surface area contributed by atoms with E-state index in [1.165, 1.54) is 16.7 Å². The summed E-state index contributed by atoms with van der Waals surface area (Å²) in [6, 6.07) is 16.7. The number of rotatable bonds is 4. The Morgan fingerprint density at radius 1 is 0.905 bits per heavy atom. The minimum Gasteiger partial charge on any atom is -0.294 e. The van der Waals surface area contributed by atoms with Gasteiger partial charge in [0.2, 0.25) is 0 Å². The molecule has 0 N–H and O–H groups in total. The average Bonchev–Trinajstić information content (AvgIpc) is 2.52. The Hall–Kier alpha value is -2.15. The molecule has 21 heavy (non-hydrogen) atoms. The number of allylic oxidation sites excluding steroid dienone is 1. The molecule has 2 aromatic rings. The summed E-state index contributed by atoms with van der Waals surface area (Å²) in [7, 11) is 0. The van der Waals surface area contributed by atoms with Gasteiger partial charge in [-0.1, -0.05) is 68.0 Å². The topological polar surface area (TPSA) is 17.1 Å². The molecular formula is C20H20O. The van der Waals surface area contributed by atoms with E-state index in [0.29, 0.717) is 0 Å². The van der Waals surface area contributed by atoms with Crippen molar-refractivity contribution in [3.05, 3.63) is 76.9 Å². The maximum Gasteiger partial charge on any atom is 0.163 e. The summed E-state index contributed by atoms with van der Waals surface area (Å²) >= 11 is 0. The molecule has 0 aliphatic heterocycles. The lowest BCUT2D eigenvalue weighted by Crippen LogP contribution is -2.17. The molecule has 1 aliphatic carbocycles. The van der Waals surface area contributed by atoms with E-state index in [1.807, 2.05) is 18.2 Å². The van der Waals surface area contributed by atoms with Gasteiger partial charge in [0.1, 0.15) is 0 Å². The number of aryl methyl sites for hydroxylation is 1. The monoisotopic (exact) mass is 276 g/mol. The van der Waals surface area contributed by atoms with Gasteiger partial charge in [0.05, 0.1) is 5.92 Å². The van der Waals surface area contributed by atoms with E-state index in [-0.39, 0.29) is 11.7 Å². The molecule has 0 amide bonds. The number of ketones is 1. The standard InChI is InChI=1S/C20H20O/c1-2-7-15-8-3-4-10-17(15)14-19-18-11-6-5-9-16(18)12-13-20(19)21/h3-6,8-13,19H,2,7,14H2,1H3. The third-order valence-electron chi connectivity index (χ3n) is 4.20. The first-order valence-corrected chi connectivity index (χ1v) is 7.67. The third kappa shape index (κ3) is 2.82. The van der Waals surface area contributed by atoms with Crippen molar-refractivity contribution in [2.75, 3.05) is 0 Å². The fraction of sp³-hybridized carbons (Fsp3) is 0.250. The largest absolute Gasteiger partial charge is 0.294 e. The molecule has 0 saturated heterocycles. The third-order valence-corrected chi connectivity index (χ3v) is 4.20. The normalized spacial score (nSPS) is 16.8. The van der Waals surface area contributed by atoms with Gasteiger partial charge in [-0.05, 0) is 41.2 Å². The second-order valence-electron chi connectivity index (χ2n) is 5.64. The second-order valence-corrected chi connectivity index (χ2v) is 5.64. The lowest BCUT2D eigenvalue weighted by Gasteiger charge is -2.21. The lowest BCUT2D eigenvalue weighted by atomic mass is 9.81. The number of hydrogen-bond acceptors (Lipinski definition) is 1. The van der Waals surface area contributed by atoms with Gasteiger partial charge in [-0.15, -0.1) is 0 Å². The molecule has 0 saturated carbocycles. The summed E-state index contributed by atoms with van der Waals surface area (Å²) in [5.74, 6) is 0.184. The number of fused-ring (bicyclic) bond motifs is 1. The van der Waals surface area contributed by atoms with Crippen LogP contribution in [-0.4, -0.2) is 5.78 Å². The van der Waals surface area contributed by atoms with E-state index in [9.17, 15) is 4.79 Å². The molecule has 1 unspecified atom stereocenters. The molecule has 1 atom stereocenters. The summed E-state index contributed by atoms with van der Waals surface area (Å²) in [5, 5.41) is 0. The van der Waals surface area contributed by atoms with Gasteiger partial charge < -0.3 is 0 Å². The van der Waals surface area contributed by atoms with Gasteiger partial charge in [0.25, 0.3) is 0 Å². The highest BCUT2D eigenvalue weighted by atomic mass is 16.1. The Bertz CT molecular complexity index is 682. The highest BCUT2D eigenvalue weighted by molar-refractivity contribution is 6.02. The summed E-state index contributed by atoms with van der Waals surface area (Å²) in [6.45, 7) is 2.20. The second kappa shape index (κ2) is 6.09. The lowest BCUT2D eigenvalue weighted by molar-refractivity contribution is -0.116. The van der Waals surface area contributed by atoms with Gasteiger partial charge in [-0.3, -0.25) is 4.79 Å². The van der Waals surface area contributed by atoms with Crippen LogP contribution in [0.15, 0.2) is 54.6 Å². The molecule has 2 aromatic carbocycles. The van der Waals surface area contributed by atoms with Crippen molar-refractivity contribution in [1.29, 1.82) is 0 Å². The number of carbonyl (C=O) groups excluding carboxylic acids is 1. The first-order valence-electron chi connectivity index (χ1n) is 7.67. The highest BCUT2D eigenvalue weighted by Crippen LogP contribution is 2.31. The van der Waals surface area contributed by atoms with Crippen LogP contribution < -0.4 is 0 Å². The Balaban J connectivity index is 1.94. The van der Waals surface area contributed by atoms with Crippen molar-refractivity contribution < 1.29 is 4.79 Å². The molecule has 0 heterocycles. The van der Waals surface area contributed by atoms with Crippen LogP contribution in [-0.2, 0) is 17.6 Å². The number of hydrogen-bond donors (Lipinski definition) is 0. The van der Waals surface area contributed by atoms with E-state index in [0.717, 1.165) is 24.8 Å². The Morgan fingerprint density at radius 2 is 1.62 bits per heavy atom. The Kier molecular flexibility index (Phi) is 4.01. The van der Waals surface area contributed by atoms with Crippen molar-refractivity contribution in [3.63, 3.8) is 0 Å². The zero-order chi connectivity index (χ0) is 14.7. The summed E-state index contributed by atoms with van der Waals surface area (Å²) in [6.07, 6.45) is 6.68. The highest BCUT2D eigenvalue weighted by Gasteiger charge is 2.24. The minimum atomic E-state index is -0.0378. The number of carbonyl (C=O) groups is 1. The summed E-state index contributed by atoms with van der Waals surface area (Å²) in [4.78, 5) is 12.3. The van der Waals surface area contributed by atoms with Gasteiger partial charge >= 0.3 is 0 Å². The molecule has 3 rings (SSSR count). The molecule has 0 fully saturated rings. The molecule has 106 valence electrons. The van der Waals surface area contributed by atoms with Crippen LogP contribution in [0.1, 0.15) is 41.5 Å². The molecule has 0 spiro atoms. The molecule has 0 radical (unpaired) electrons. The SMILES string of the molecule is CCCc1ccccc1CC1C(=O)C=Cc2ccccc21. The number of benzene rings is 2. The molecule has 0 aromatic heterocycles. The summed E-state index contributed by atoms with van der Waals surface area (Å²) in [5.41, 5.74) is 5.02. The van der Waals surface area contributed by atoms with Gasteiger partial charge in [-0.25, -0.2) is 0 Å². The van der Waals surface area contributed by atoms with Crippen molar-refractivity contribution in [3.8, 4) is 0 Å². The molecular weight excluding hydrogens is 256 g/mol. The quantitative estimate of drug-likeness (QED) is 0.800. The van der Waals surface area contributed by atoms with Crippen LogP contribution in [0.5, 0.6) is 0 Å². The zero-order valence-electron chi connectivity index (χ0n) is 12.4. The first kappa shape index (κ1) is 13.8. The van der Waals surface area contributed by atoms with E-state index in [1.54, 1.807) is 6.08 Å². The average molecular weight is 276 g/mol. The van der Waals surface area contributed by atoms with Gasteiger partial charge in [0, 0.05) is 0 Å². The minimum absolute atomic E-state index is 0.0378. The van der Waals surface area contributed by atoms with E-state index >= 15 is 0 Å². The van der Waals surface area contributed by atoms with Crippen molar-refractivity contribution in [2.45, 2.75) is 32.1 Å². The van der Waals surface area contributed by atoms with E-state index in [4.69, 9.17) is 0 Å². The van der Waals surface area contributed by atoms with Crippen LogP contribution in [0.4, 0.5) is 0 Å². The van der Waals surface area contributed by atoms with Crippen LogP contribution in [0.2, 0.25) is 0 Å². The Labute approximate surface area is 126 Å². The maximum absolute atomic E-state index is 12.3. The fourth-order valence-electron chi connectivity index (χ4n) is 3.12. The van der Waals surface area contributed by atoms with Crippen LogP contribution in [0, 0.1) is 0 Å². The fourth-order valence-corrected chi connectivity index (χ4v) is 3.12. The van der Waals surface area contributed by atoms with Crippen LogP contribution in [0.25, 0.3) is 6.08 Å². The van der Waals surface area contributed by atoms with Crippen LogP contribution >= 0.6 is 0 Å². The molecule has 1 nitrogen and oxygen atoms in total. The van der Waals surface area contributed by atoms with E-state index in [2.05, 4.69) is 43.3 Å². The first-order chi connectivity index (χ1) is 10.3. The van der Waals surface area contributed by atoms with Crippen molar-refractivity contribution >= 4 is 11.9 Å². The van der Waals surface area contributed by atoms with Crippen molar-refractivity contribution in [2.24, 2.45) is 0 Å². The van der Waals surface area contributed by atoms with Gasteiger partial charge in [0.15, 0.2) is 5.78 Å². The molecule has 1 aliphatic rings. The van der Waals surface area contributed by atoms with E-state index < -0.39 is 0 Å². The predicted molar refractivity (Wildman–Crippen MR) is 87.4 cm³/mol. The molecule has 0 bridgehead atoms.